The third-order valence-corrected chi connectivity index (χ3v) is 5.64. The van der Waals surface area contributed by atoms with Crippen molar-refractivity contribution in [1.82, 2.24) is 4.98 Å². The molecule has 2 rings (SSSR count). The summed E-state index contributed by atoms with van der Waals surface area (Å²) in [6.45, 7) is 1.44. The number of carbonyl (C=O) groups is 3. The molecule has 0 saturated heterocycles. The van der Waals surface area contributed by atoms with Crippen LogP contribution >= 0.6 is 39.0 Å². The second kappa shape index (κ2) is 11.8. The number of alkyl halides is 1. The molecular formula is C18H21BrN4O3S2. The molecule has 0 aliphatic heterocycles. The molecule has 2 aromatic rings. The summed E-state index contributed by atoms with van der Waals surface area (Å²) < 4.78 is 0. The first-order valence-corrected chi connectivity index (χ1v) is 11.7. The number of aromatic nitrogens is 1. The largest absolute Gasteiger partial charge is 0.326 e. The van der Waals surface area contributed by atoms with Crippen molar-refractivity contribution in [3.05, 3.63) is 35.3 Å². The Hall–Kier alpha value is -1.91. The fraction of sp³-hybridized carbons (Fsp3) is 0.333. The number of halogens is 1. The van der Waals surface area contributed by atoms with E-state index in [1.807, 2.05) is 5.38 Å². The monoisotopic (exact) mass is 484 g/mol. The quantitative estimate of drug-likeness (QED) is 0.441. The van der Waals surface area contributed by atoms with Gasteiger partial charge in [-0.05, 0) is 30.7 Å². The van der Waals surface area contributed by atoms with Gasteiger partial charge in [-0.25, -0.2) is 4.98 Å². The van der Waals surface area contributed by atoms with E-state index in [9.17, 15) is 14.4 Å². The molecule has 3 amide bonds. The van der Waals surface area contributed by atoms with Crippen molar-refractivity contribution >= 4 is 73.3 Å². The van der Waals surface area contributed by atoms with Crippen LogP contribution in [0.2, 0.25) is 0 Å². The zero-order valence-corrected chi connectivity index (χ0v) is 18.5. The van der Waals surface area contributed by atoms with Gasteiger partial charge in [0.15, 0.2) is 5.13 Å². The second-order valence-electron chi connectivity index (χ2n) is 5.78. The Morgan fingerprint density at radius 1 is 1.07 bits per heavy atom. The number of hydrogen-bond donors (Lipinski definition) is 3. The summed E-state index contributed by atoms with van der Waals surface area (Å²) in [7, 11) is 0. The summed E-state index contributed by atoms with van der Waals surface area (Å²) in [5.41, 5.74) is 2.18. The van der Waals surface area contributed by atoms with Gasteiger partial charge in [0.05, 0.1) is 11.4 Å². The summed E-state index contributed by atoms with van der Waals surface area (Å²) in [6.07, 6.45) is 1.24. The topological polar surface area (TPSA) is 100 Å². The molecule has 1 aromatic heterocycles. The highest BCUT2D eigenvalue weighted by molar-refractivity contribution is 9.09. The molecule has 150 valence electrons. The third-order valence-electron chi connectivity index (χ3n) is 3.31. The Morgan fingerprint density at radius 3 is 2.39 bits per heavy atom. The van der Waals surface area contributed by atoms with Crippen LogP contribution in [-0.4, -0.2) is 33.8 Å². The molecule has 0 aliphatic carbocycles. The number of rotatable bonds is 10. The number of thioether (sulfide) groups is 1. The Kier molecular flexibility index (Phi) is 9.45. The zero-order valence-electron chi connectivity index (χ0n) is 15.3. The molecule has 0 saturated carbocycles. The van der Waals surface area contributed by atoms with Gasteiger partial charge in [0, 0.05) is 41.2 Å². The number of nitrogens with zero attached hydrogens (tertiary/aromatic N) is 1. The molecule has 7 nitrogen and oxygen atoms in total. The molecule has 1 aromatic carbocycles. The number of thiazole rings is 1. The molecule has 0 atom stereocenters. The Balaban J connectivity index is 1.70. The zero-order chi connectivity index (χ0) is 20.4. The summed E-state index contributed by atoms with van der Waals surface area (Å²) in [6, 6.07) is 6.93. The second-order valence-corrected chi connectivity index (χ2v) is 8.42. The maximum atomic E-state index is 12.0. The summed E-state index contributed by atoms with van der Waals surface area (Å²) in [5.74, 6) is 0.574. The Labute approximate surface area is 180 Å². The van der Waals surface area contributed by atoms with Gasteiger partial charge in [0.1, 0.15) is 0 Å². The van der Waals surface area contributed by atoms with Gasteiger partial charge < -0.3 is 16.0 Å². The molecule has 0 unspecified atom stereocenters. The van der Waals surface area contributed by atoms with Crippen LogP contribution in [0.15, 0.2) is 29.6 Å². The molecule has 0 bridgehead atoms. The molecular weight excluding hydrogens is 464 g/mol. The highest BCUT2D eigenvalue weighted by atomic mass is 79.9. The van der Waals surface area contributed by atoms with E-state index in [1.54, 1.807) is 24.3 Å². The average Bonchev–Trinajstić information content (AvgIpc) is 3.08. The highest BCUT2D eigenvalue weighted by Crippen LogP contribution is 2.20. The van der Waals surface area contributed by atoms with E-state index >= 15 is 0 Å². The van der Waals surface area contributed by atoms with E-state index in [2.05, 4.69) is 36.9 Å². The SMILES string of the molecule is CC(=O)Nc1ccc(NC(=O)CSCc2csc(NC(=O)CCCBr)n2)cc1. The Bertz CT molecular complexity index is 811. The lowest BCUT2D eigenvalue weighted by Gasteiger charge is -2.06. The fourth-order valence-electron chi connectivity index (χ4n) is 2.13. The van der Waals surface area contributed by atoms with E-state index in [1.165, 1.54) is 30.0 Å². The lowest BCUT2D eigenvalue weighted by molar-refractivity contribution is -0.116. The van der Waals surface area contributed by atoms with Crippen molar-refractivity contribution < 1.29 is 14.4 Å². The van der Waals surface area contributed by atoms with Crippen LogP contribution in [0.3, 0.4) is 0 Å². The first-order chi connectivity index (χ1) is 13.5. The first kappa shape index (κ1) is 22.4. The van der Waals surface area contributed by atoms with Gasteiger partial charge in [-0.3, -0.25) is 14.4 Å². The molecule has 28 heavy (non-hydrogen) atoms. The van der Waals surface area contributed by atoms with Gasteiger partial charge in [-0.1, -0.05) is 15.9 Å². The van der Waals surface area contributed by atoms with Gasteiger partial charge in [0.2, 0.25) is 17.7 Å². The van der Waals surface area contributed by atoms with Crippen molar-refractivity contribution in [2.45, 2.75) is 25.5 Å². The normalized spacial score (nSPS) is 10.4. The minimum absolute atomic E-state index is 0.0445. The molecule has 0 fully saturated rings. The predicted molar refractivity (Wildman–Crippen MR) is 119 cm³/mol. The van der Waals surface area contributed by atoms with Crippen LogP contribution in [-0.2, 0) is 20.1 Å². The van der Waals surface area contributed by atoms with E-state index in [-0.39, 0.29) is 23.5 Å². The molecule has 10 heteroatoms. The van der Waals surface area contributed by atoms with E-state index in [0.717, 1.165) is 17.4 Å². The van der Waals surface area contributed by atoms with Crippen molar-refractivity contribution in [1.29, 1.82) is 0 Å². The fourth-order valence-corrected chi connectivity index (χ4v) is 3.95. The van der Waals surface area contributed by atoms with E-state index in [0.29, 0.717) is 28.7 Å². The number of carbonyl (C=O) groups excluding carboxylic acids is 3. The minimum Gasteiger partial charge on any atom is -0.326 e. The lowest BCUT2D eigenvalue weighted by Crippen LogP contribution is -2.14. The van der Waals surface area contributed by atoms with Crippen LogP contribution in [0.5, 0.6) is 0 Å². The number of nitrogens with one attached hydrogen (secondary N) is 3. The summed E-state index contributed by atoms with van der Waals surface area (Å²) in [4.78, 5) is 39.1. The van der Waals surface area contributed by atoms with Crippen LogP contribution in [0, 0.1) is 0 Å². The van der Waals surface area contributed by atoms with Crippen molar-refractivity contribution in [2.24, 2.45) is 0 Å². The standard InChI is InChI=1S/C18H21BrN4O3S2/c1-12(24)20-13-4-6-14(7-5-13)21-17(26)11-27-9-15-10-28-18(22-15)23-16(25)3-2-8-19/h4-7,10H,2-3,8-9,11H2,1H3,(H,20,24)(H,21,26)(H,22,23,25). The number of anilines is 3. The molecule has 0 aliphatic rings. The number of hydrogen-bond acceptors (Lipinski definition) is 6. The average molecular weight is 485 g/mol. The van der Waals surface area contributed by atoms with Crippen molar-refractivity contribution in [2.75, 3.05) is 27.0 Å². The molecule has 3 N–H and O–H groups in total. The molecule has 0 radical (unpaired) electrons. The van der Waals surface area contributed by atoms with Gasteiger partial charge in [0.25, 0.3) is 0 Å². The van der Waals surface area contributed by atoms with E-state index < -0.39 is 0 Å². The van der Waals surface area contributed by atoms with Crippen LogP contribution in [0.4, 0.5) is 16.5 Å². The summed E-state index contributed by atoms with van der Waals surface area (Å²) >= 11 is 6.12. The Morgan fingerprint density at radius 2 is 1.75 bits per heavy atom. The maximum absolute atomic E-state index is 12.0. The van der Waals surface area contributed by atoms with Crippen LogP contribution in [0.25, 0.3) is 0 Å². The minimum atomic E-state index is -0.142. The van der Waals surface area contributed by atoms with Crippen molar-refractivity contribution in [3.8, 4) is 0 Å². The lowest BCUT2D eigenvalue weighted by atomic mass is 10.3. The maximum Gasteiger partial charge on any atom is 0.234 e. The highest BCUT2D eigenvalue weighted by Gasteiger charge is 2.08. The smallest absolute Gasteiger partial charge is 0.234 e. The van der Waals surface area contributed by atoms with E-state index in [4.69, 9.17) is 0 Å². The molecule has 1 heterocycles. The van der Waals surface area contributed by atoms with Gasteiger partial charge in [-0.2, -0.15) is 0 Å². The van der Waals surface area contributed by atoms with Crippen LogP contribution < -0.4 is 16.0 Å². The third kappa shape index (κ3) is 8.41. The van der Waals surface area contributed by atoms with Crippen molar-refractivity contribution in [3.63, 3.8) is 0 Å². The van der Waals surface area contributed by atoms with Gasteiger partial charge in [-0.15, -0.1) is 23.1 Å². The first-order valence-electron chi connectivity index (χ1n) is 8.51. The number of benzene rings is 1. The van der Waals surface area contributed by atoms with Crippen LogP contribution in [0.1, 0.15) is 25.5 Å². The summed E-state index contributed by atoms with van der Waals surface area (Å²) in [5, 5.41) is 11.5. The van der Waals surface area contributed by atoms with Gasteiger partial charge >= 0.3 is 0 Å². The molecule has 0 spiro atoms. The predicted octanol–water partition coefficient (Wildman–Crippen LogP) is 4.09. The number of amides is 3.